The summed E-state index contributed by atoms with van der Waals surface area (Å²) in [4.78, 5) is 41.4. The molecule has 3 rings (SSSR count). The van der Waals surface area contributed by atoms with Crippen molar-refractivity contribution in [3.8, 4) is 5.75 Å². The van der Waals surface area contributed by atoms with Crippen LogP contribution in [0.1, 0.15) is 31.1 Å². The molecule has 0 atom stereocenters. The molecule has 2 aromatic heterocycles. The van der Waals surface area contributed by atoms with Gasteiger partial charge in [0.05, 0.1) is 12.8 Å². The smallest absolute Gasteiger partial charge is 0.330 e. The van der Waals surface area contributed by atoms with Crippen LogP contribution in [0.25, 0.3) is 0 Å². The highest BCUT2D eigenvalue weighted by Crippen LogP contribution is 2.21. The van der Waals surface area contributed by atoms with Crippen molar-refractivity contribution < 1.29 is 13.9 Å². The van der Waals surface area contributed by atoms with Crippen molar-refractivity contribution in [2.45, 2.75) is 39.8 Å². The zero-order chi connectivity index (χ0) is 22.4. The molecule has 31 heavy (non-hydrogen) atoms. The molecule has 3 aromatic rings. The van der Waals surface area contributed by atoms with E-state index in [4.69, 9.17) is 14.9 Å². The first-order chi connectivity index (χ1) is 14.9. The fraction of sp³-hybridized carbons (Fsp3) is 0.318. The standard InChI is InChI=1S/C22H26N4O5/c1-3-4-11-25-20(23)19(21(28)24-22(25)29)26(13-17-6-5-12-30-17)18(27)14-31-16-9-7-15(2)8-10-16/h5-10,12H,3-4,11,13-14,23H2,1-2H3,(H,24,28,29). The molecule has 0 saturated heterocycles. The molecule has 0 saturated carbocycles. The molecule has 0 bridgehead atoms. The van der Waals surface area contributed by atoms with Crippen LogP contribution in [0.3, 0.4) is 0 Å². The third kappa shape index (κ3) is 5.25. The second kappa shape index (κ2) is 9.84. The number of ether oxygens (including phenoxy) is 1. The second-order valence-electron chi connectivity index (χ2n) is 7.16. The van der Waals surface area contributed by atoms with Gasteiger partial charge in [0.25, 0.3) is 11.5 Å². The van der Waals surface area contributed by atoms with Gasteiger partial charge in [-0.05, 0) is 37.6 Å². The number of aromatic nitrogens is 2. The predicted molar refractivity (Wildman–Crippen MR) is 117 cm³/mol. The van der Waals surface area contributed by atoms with Gasteiger partial charge in [-0.2, -0.15) is 0 Å². The number of nitrogens with one attached hydrogen (secondary N) is 1. The Hall–Kier alpha value is -3.75. The Balaban J connectivity index is 1.95. The predicted octanol–water partition coefficient (Wildman–Crippen LogP) is 2.43. The normalized spacial score (nSPS) is 10.8. The molecule has 0 aliphatic carbocycles. The summed E-state index contributed by atoms with van der Waals surface area (Å²) in [6.45, 7) is 3.89. The van der Waals surface area contributed by atoms with Crippen LogP contribution in [-0.2, 0) is 17.9 Å². The van der Waals surface area contributed by atoms with Gasteiger partial charge in [0.15, 0.2) is 12.3 Å². The summed E-state index contributed by atoms with van der Waals surface area (Å²) in [5.74, 6) is 0.396. The van der Waals surface area contributed by atoms with Gasteiger partial charge in [0.2, 0.25) is 0 Å². The van der Waals surface area contributed by atoms with Crippen molar-refractivity contribution in [1.82, 2.24) is 9.55 Å². The summed E-state index contributed by atoms with van der Waals surface area (Å²) in [6, 6.07) is 10.6. The van der Waals surface area contributed by atoms with Crippen molar-refractivity contribution in [1.29, 1.82) is 0 Å². The number of nitrogen functional groups attached to an aromatic ring is 1. The maximum absolute atomic E-state index is 13.1. The van der Waals surface area contributed by atoms with Gasteiger partial charge in [-0.3, -0.25) is 24.0 Å². The monoisotopic (exact) mass is 426 g/mol. The first kappa shape index (κ1) is 21.9. The lowest BCUT2D eigenvalue weighted by Crippen LogP contribution is -2.42. The van der Waals surface area contributed by atoms with E-state index in [1.807, 2.05) is 26.0 Å². The van der Waals surface area contributed by atoms with Crippen molar-refractivity contribution in [2.24, 2.45) is 0 Å². The van der Waals surface area contributed by atoms with Crippen LogP contribution in [0.15, 0.2) is 56.7 Å². The van der Waals surface area contributed by atoms with Crippen LogP contribution >= 0.6 is 0 Å². The van der Waals surface area contributed by atoms with E-state index < -0.39 is 17.2 Å². The average molecular weight is 426 g/mol. The van der Waals surface area contributed by atoms with E-state index in [0.717, 1.165) is 12.0 Å². The van der Waals surface area contributed by atoms with Gasteiger partial charge >= 0.3 is 5.69 Å². The SMILES string of the molecule is CCCCn1c(N)c(N(Cc2ccco2)C(=O)COc2ccc(C)cc2)c(=O)[nH]c1=O. The van der Waals surface area contributed by atoms with E-state index in [-0.39, 0.29) is 24.7 Å². The Bertz CT molecular complexity index is 1130. The molecular formula is C22H26N4O5. The van der Waals surface area contributed by atoms with Crippen molar-refractivity contribution in [3.05, 3.63) is 74.8 Å². The number of furan rings is 1. The number of aromatic amines is 1. The minimum Gasteiger partial charge on any atom is -0.484 e. The summed E-state index contributed by atoms with van der Waals surface area (Å²) < 4.78 is 12.2. The topological polar surface area (TPSA) is 124 Å². The molecule has 164 valence electrons. The second-order valence-corrected chi connectivity index (χ2v) is 7.16. The molecule has 0 fully saturated rings. The lowest BCUT2D eigenvalue weighted by atomic mass is 10.2. The molecule has 2 heterocycles. The molecule has 9 nitrogen and oxygen atoms in total. The molecule has 0 aliphatic heterocycles. The Morgan fingerprint density at radius 2 is 1.97 bits per heavy atom. The lowest BCUT2D eigenvalue weighted by Gasteiger charge is -2.24. The van der Waals surface area contributed by atoms with E-state index in [2.05, 4.69) is 4.98 Å². The van der Waals surface area contributed by atoms with Gasteiger partial charge in [0.1, 0.15) is 17.3 Å². The number of rotatable bonds is 9. The maximum atomic E-state index is 13.1. The van der Waals surface area contributed by atoms with Gasteiger partial charge in [-0.1, -0.05) is 31.0 Å². The van der Waals surface area contributed by atoms with Crippen molar-refractivity contribution >= 4 is 17.4 Å². The molecule has 0 aliphatic rings. The van der Waals surface area contributed by atoms with Crippen LogP contribution < -0.4 is 26.6 Å². The molecule has 0 unspecified atom stereocenters. The highest BCUT2D eigenvalue weighted by atomic mass is 16.5. The number of carbonyl (C=O) groups is 1. The Morgan fingerprint density at radius 1 is 1.23 bits per heavy atom. The zero-order valence-corrected chi connectivity index (χ0v) is 17.6. The maximum Gasteiger partial charge on any atom is 0.330 e. The van der Waals surface area contributed by atoms with Gasteiger partial charge in [-0.15, -0.1) is 0 Å². The number of hydrogen-bond donors (Lipinski definition) is 2. The Labute approximate surface area is 179 Å². The fourth-order valence-electron chi connectivity index (χ4n) is 3.08. The summed E-state index contributed by atoms with van der Waals surface area (Å²) >= 11 is 0. The van der Waals surface area contributed by atoms with E-state index >= 15 is 0 Å². The van der Waals surface area contributed by atoms with Gasteiger partial charge in [-0.25, -0.2) is 4.79 Å². The number of amides is 1. The van der Waals surface area contributed by atoms with Gasteiger partial charge in [0, 0.05) is 6.54 Å². The summed E-state index contributed by atoms with van der Waals surface area (Å²) in [5.41, 5.74) is 5.79. The number of nitrogens with two attached hydrogens (primary N) is 1. The number of anilines is 2. The summed E-state index contributed by atoms with van der Waals surface area (Å²) in [5, 5.41) is 0. The quantitative estimate of drug-likeness (QED) is 0.542. The first-order valence-corrected chi connectivity index (χ1v) is 10.1. The van der Waals surface area contributed by atoms with Crippen molar-refractivity contribution in [2.75, 3.05) is 17.2 Å². The van der Waals surface area contributed by atoms with E-state index in [1.54, 1.807) is 24.3 Å². The highest BCUT2D eigenvalue weighted by Gasteiger charge is 2.25. The lowest BCUT2D eigenvalue weighted by molar-refractivity contribution is -0.120. The third-order valence-corrected chi connectivity index (χ3v) is 4.80. The zero-order valence-electron chi connectivity index (χ0n) is 17.6. The number of unbranched alkanes of at least 4 members (excludes halogenated alkanes) is 1. The molecule has 0 radical (unpaired) electrons. The number of benzene rings is 1. The van der Waals surface area contributed by atoms with E-state index in [0.29, 0.717) is 24.5 Å². The largest absolute Gasteiger partial charge is 0.484 e. The number of aryl methyl sites for hydroxylation is 1. The molecule has 3 N–H and O–H groups in total. The van der Waals surface area contributed by atoms with E-state index in [1.165, 1.54) is 15.7 Å². The Morgan fingerprint density at radius 3 is 2.61 bits per heavy atom. The highest BCUT2D eigenvalue weighted by molar-refractivity contribution is 5.96. The average Bonchev–Trinajstić information content (AvgIpc) is 3.25. The van der Waals surface area contributed by atoms with Crippen LogP contribution in [0.2, 0.25) is 0 Å². The molecule has 0 spiro atoms. The van der Waals surface area contributed by atoms with Crippen LogP contribution in [0.5, 0.6) is 5.75 Å². The fourth-order valence-corrected chi connectivity index (χ4v) is 3.08. The number of H-pyrrole nitrogens is 1. The summed E-state index contributed by atoms with van der Waals surface area (Å²) in [6.07, 6.45) is 2.99. The number of hydrogen-bond acceptors (Lipinski definition) is 6. The Kier molecular flexibility index (Phi) is 6.96. The minimum atomic E-state index is -0.745. The van der Waals surface area contributed by atoms with Crippen LogP contribution in [0, 0.1) is 6.92 Å². The van der Waals surface area contributed by atoms with Crippen molar-refractivity contribution in [3.63, 3.8) is 0 Å². The third-order valence-electron chi connectivity index (χ3n) is 4.80. The van der Waals surface area contributed by atoms with Crippen LogP contribution in [-0.4, -0.2) is 22.1 Å². The first-order valence-electron chi connectivity index (χ1n) is 10.1. The molecule has 9 heteroatoms. The van der Waals surface area contributed by atoms with Crippen LogP contribution in [0.4, 0.5) is 11.5 Å². The summed E-state index contributed by atoms with van der Waals surface area (Å²) in [7, 11) is 0. The minimum absolute atomic E-state index is 0.0393. The van der Waals surface area contributed by atoms with E-state index in [9.17, 15) is 14.4 Å². The molecule has 1 amide bonds. The number of carbonyl (C=O) groups excluding carboxylic acids is 1. The number of nitrogens with zero attached hydrogens (tertiary/aromatic N) is 2. The van der Waals surface area contributed by atoms with Gasteiger partial charge < -0.3 is 14.9 Å². The molecular weight excluding hydrogens is 400 g/mol. The molecule has 1 aromatic carbocycles.